The third kappa shape index (κ3) is 4.73. The third-order valence-corrected chi connectivity index (χ3v) is 8.25. The summed E-state index contributed by atoms with van der Waals surface area (Å²) in [6.07, 6.45) is 1.80. The molecule has 0 aliphatic carbocycles. The molecule has 5 nitrogen and oxygen atoms in total. The Bertz CT molecular complexity index is 1520. The number of aliphatic imine (C=N–C) groups is 1. The summed E-state index contributed by atoms with van der Waals surface area (Å²) < 4.78 is 29.9. The van der Waals surface area contributed by atoms with Gasteiger partial charge in [-0.3, -0.25) is 9.71 Å². The number of rotatable bonds is 6. The van der Waals surface area contributed by atoms with Crippen molar-refractivity contribution in [1.29, 1.82) is 0 Å². The number of para-hydroxylation sites is 1. The van der Waals surface area contributed by atoms with E-state index in [4.69, 9.17) is 4.98 Å². The summed E-state index contributed by atoms with van der Waals surface area (Å²) in [4.78, 5) is 10.6. The van der Waals surface area contributed by atoms with Crippen LogP contribution in [-0.2, 0) is 10.0 Å². The van der Waals surface area contributed by atoms with Crippen LogP contribution in [0.15, 0.2) is 94.1 Å². The molecule has 0 spiro atoms. The fourth-order valence-electron chi connectivity index (χ4n) is 3.29. The van der Waals surface area contributed by atoms with E-state index in [-0.39, 0.29) is 4.90 Å². The van der Waals surface area contributed by atoms with Gasteiger partial charge in [0, 0.05) is 16.7 Å². The zero-order valence-corrected chi connectivity index (χ0v) is 20.0. The number of thiophene rings is 1. The molecule has 33 heavy (non-hydrogen) atoms. The molecule has 0 radical (unpaired) electrons. The Morgan fingerprint density at radius 2 is 1.79 bits per heavy atom. The normalized spacial score (nSPS) is 11.9. The largest absolute Gasteiger partial charge is 0.279 e. The molecule has 0 saturated carbocycles. The number of benzene rings is 3. The van der Waals surface area contributed by atoms with E-state index < -0.39 is 10.0 Å². The molecule has 2 heterocycles. The molecule has 164 valence electrons. The Kier molecular flexibility index (Phi) is 5.80. The molecule has 0 fully saturated rings. The van der Waals surface area contributed by atoms with Crippen molar-refractivity contribution in [1.82, 2.24) is 4.98 Å². The van der Waals surface area contributed by atoms with Crippen LogP contribution in [0.1, 0.15) is 10.4 Å². The minimum atomic E-state index is -3.76. The highest BCUT2D eigenvalue weighted by Crippen LogP contribution is 2.37. The lowest BCUT2D eigenvalue weighted by Gasteiger charge is -2.12. The van der Waals surface area contributed by atoms with Gasteiger partial charge in [-0.2, -0.15) is 0 Å². The first-order valence-electron chi connectivity index (χ1n) is 10.1. The molecule has 2 aromatic heterocycles. The van der Waals surface area contributed by atoms with Crippen molar-refractivity contribution in [3.8, 4) is 10.6 Å². The van der Waals surface area contributed by atoms with Gasteiger partial charge in [0.05, 0.1) is 26.5 Å². The standard InChI is InChI=1S/C25H19N3O2S3/c1-17-8-11-20(12-9-17)33(29,30)28-22-13-10-18(26-16-19-5-4-14-31-19)15-21(22)25-27-23-6-2-3-7-24(23)32-25/h2-16,28H,1H3. The predicted octanol–water partition coefficient (Wildman–Crippen LogP) is 6.88. The number of aromatic nitrogens is 1. The lowest BCUT2D eigenvalue weighted by Crippen LogP contribution is -2.13. The van der Waals surface area contributed by atoms with Crippen molar-refractivity contribution >= 4 is 60.5 Å². The maximum Gasteiger partial charge on any atom is 0.261 e. The zero-order valence-electron chi connectivity index (χ0n) is 17.6. The molecule has 3 aromatic carbocycles. The van der Waals surface area contributed by atoms with Crippen molar-refractivity contribution < 1.29 is 8.42 Å². The summed E-state index contributed by atoms with van der Waals surface area (Å²) in [6.45, 7) is 1.92. The van der Waals surface area contributed by atoms with E-state index in [1.807, 2.05) is 54.8 Å². The van der Waals surface area contributed by atoms with Gasteiger partial charge in [0.2, 0.25) is 0 Å². The van der Waals surface area contributed by atoms with Gasteiger partial charge in [0.15, 0.2) is 0 Å². The Hall–Kier alpha value is -3.33. The molecule has 0 aliphatic rings. The molecule has 1 N–H and O–H groups in total. The maximum absolute atomic E-state index is 13.1. The van der Waals surface area contributed by atoms with Gasteiger partial charge < -0.3 is 0 Å². The van der Waals surface area contributed by atoms with Crippen LogP contribution >= 0.6 is 22.7 Å². The topological polar surface area (TPSA) is 71.4 Å². The van der Waals surface area contributed by atoms with Gasteiger partial charge in [0.25, 0.3) is 10.0 Å². The van der Waals surface area contributed by atoms with E-state index in [0.717, 1.165) is 31.4 Å². The summed E-state index contributed by atoms with van der Waals surface area (Å²) in [5.74, 6) is 0. The van der Waals surface area contributed by atoms with Crippen LogP contribution in [-0.4, -0.2) is 19.6 Å². The van der Waals surface area contributed by atoms with E-state index in [0.29, 0.717) is 11.3 Å². The highest BCUT2D eigenvalue weighted by atomic mass is 32.2. The fraction of sp³-hybridized carbons (Fsp3) is 0.0400. The number of fused-ring (bicyclic) bond motifs is 1. The van der Waals surface area contributed by atoms with E-state index in [1.165, 1.54) is 11.3 Å². The fourth-order valence-corrected chi connectivity index (χ4v) is 5.95. The van der Waals surface area contributed by atoms with E-state index in [9.17, 15) is 8.42 Å². The van der Waals surface area contributed by atoms with Crippen LogP contribution in [0.4, 0.5) is 11.4 Å². The summed E-state index contributed by atoms with van der Waals surface area (Å²) in [7, 11) is -3.76. The van der Waals surface area contributed by atoms with Crippen LogP contribution in [0, 0.1) is 6.92 Å². The van der Waals surface area contributed by atoms with Crippen LogP contribution in [0.25, 0.3) is 20.8 Å². The van der Waals surface area contributed by atoms with Crippen LogP contribution in [0.5, 0.6) is 0 Å². The van der Waals surface area contributed by atoms with Crippen molar-refractivity contribution in [2.75, 3.05) is 4.72 Å². The number of thiazole rings is 1. The predicted molar refractivity (Wildman–Crippen MR) is 139 cm³/mol. The van der Waals surface area contributed by atoms with Gasteiger partial charge in [-0.05, 0) is 60.8 Å². The van der Waals surface area contributed by atoms with Crippen LogP contribution in [0.2, 0.25) is 0 Å². The smallest absolute Gasteiger partial charge is 0.261 e. The Balaban J connectivity index is 1.58. The lowest BCUT2D eigenvalue weighted by molar-refractivity contribution is 0.601. The summed E-state index contributed by atoms with van der Waals surface area (Å²) >= 11 is 3.12. The van der Waals surface area contributed by atoms with Crippen LogP contribution in [0.3, 0.4) is 0 Å². The van der Waals surface area contributed by atoms with Crippen molar-refractivity contribution in [2.45, 2.75) is 11.8 Å². The zero-order chi connectivity index (χ0) is 22.8. The first-order valence-corrected chi connectivity index (χ1v) is 13.3. The van der Waals surface area contributed by atoms with Crippen molar-refractivity contribution in [2.24, 2.45) is 4.99 Å². The minimum Gasteiger partial charge on any atom is -0.279 e. The highest BCUT2D eigenvalue weighted by molar-refractivity contribution is 7.92. The average molecular weight is 490 g/mol. The molecule has 0 aliphatic heterocycles. The number of aryl methyl sites for hydroxylation is 1. The molecular weight excluding hydrogens is 470 g/mol. The Morgan fingerprint density at radius 3 is 2.55 bits per heavy atom. The number of nitrogens with zero attached hydrogens (tertiary/aromatic N) is 2. The van der Waals surface area contributed by atoms with Crippen molar-refractivity contribution in [3.05, 3.63) is 94.7 Å². The number of sulfonamides is 1. The second-order valence-corrected chi connectivity index (χ2v) is 11.1. The molecule has 8 heteroatoms. The van der Waals surface area contributed by atoms with Gasteiger partial charge in [-0.15, -0.1) is 22.7 Å². The number of anilines is 1. The third-order valence-electron chi connectivity index (χ3n) is 4.99. The van der Waals surface area contributed by atoms with Crippen LogP contribution < -0.4 is 4.72 Å². The minimum absolute atomic E-state index is 0.211. The second-order valence-electron chi connectivity index (χ2n) is 7.41. The first kappa shape index (κ1) is 21.5. The highest BCUT2D eigenvalue weighted by Gasteiger charge is 2.19. The Morgan fingerprint density at radius 1 is 0.970 bits per heavy atom. The second kappa shape index (κ2) is 8.90. The van der Waals surface area contributed by atoms with Gasteiger partial charge in [0.1, 0.15) is 5.01 Å². The summed E-state index contributed by atoms with van der Waals surface area (Å²) in [5, 5.41) is 2.72. The van der Waals surface area contributed by atoms with Gasteiger partial charge in [-0.1, -0.05) is 35.9 Å². The van der Waals surface area contributed by atoms with Gasteiger partial charge >= 0.3 is 0 Å². The summed E-state index contributed by atoms with van der Waals surface area (Å²) in [5.41, 5.74) is 3.74. The molecular formula is C25H19N3O2S3. The molecule has 0 saturated heterocycles. The van der Waals surface area contributed by atoms with E-state index in [1.54, 1.807) is 53.9 Å². The first-order chi connectivity index (χ1) is 16.0. The SMILES string of the molecule is Cc1ccc(S(=O)(=O)Nc2ccc(N=Cc3cccs3)cc2-c2nc3ccccc3s2)cc1. The molecule has 5 rings (SSSR count). The van der Waals surface area contributed by atoms with E-state index >= 15 is 0 Å². The molecule has 0 amide bonds. The maximum atomic E-state index is 13.1. The monoisotopic (exact) mass is 489 g/mol. The Labute approximate surface area is 200 Å². The molecule has 0 bridgehead atoms. The number of hydrogen-bond acceptors (Lipinski definition) is 6. The number of nitrogens with one attached hydrogen (secondary N) is 1. The van der Waals surface area contributed by atoms with Gasteiger partial charge in [-0.25, -0.2) is 13.4 Å². The molecule has 0 atom stereocenters. The van der Waals surface area contributed by atoms with E-state index in [2.05, 4.69) is 9.71 Å². The lowest BCUT2D eigenvalue weighted by atomic mass is 10.1. The molecule has 0 unspecified atom stereocenters. The molecule has 5 aromatic rings. The average Bonchev–Trinajstić information content (AvgIpc) is 3.48. The quantitative estimate of drug-likeness (QED) is 0.264. The van der Waals surface area contributed by atoms with Crippen molar-refractivity contribution in [3.63, 3.8) is 0 Å². The summed E-state index contributed by atoms with van der Waals surface area (Å²) in [6, 6.07) is 24.0. The number of hydrogen-bond donors (Lipinski definition) is 1.